The number of carbonyl (C=O) groups excluding carboxylic acids is 1. The van der Waals surface area contributed by atoms with Gasteiger partial charge >= 0.3 is 5.97 Å². The average molecular weight is 471 g/mol. The zero-order valence-corrected chi connectivity index (χ0v) is 21.3. The number of thioether (sulfide) groups is 1. The lowest BCUT2D eigenvalue weighted by Gasteiger charge is -2.49. The topological polar surface area (TPSA) is 65.0 Å². The highest BCUT2D eigenvalue weighted by atomic mass is 32.2. The van der Waals surface area contributed by atoms with E-state index in [0.717, 1.165) is 22.4 Å². The van der Waals surface area contributed by atoms with E-state index in [2.05, 4.69) is 26.8 Å². The monoisotopic (exact) mass is 470 g/mol. The van der Waals surface area contributed by atoms with Crippen molar-refractivity contribution in [3.05, 3.63) is 59.2 Å². The van der Waals surface area contributed by atoms with Gasteiger partial charge in [-0.25, -0.2) is 0 Å². The zero-order chi connectivity index (χ0) is 24.2. The first-order chi connectivity index (χ1) is 15.3. The fraction of sp³-hybridized carbons (Fsp3) is 0.519. The van der Waals surface area contributed by atoms with E-state index in [9.17, 15) is 9.90 Å². The van der Waals surface area contributed by atoms with Crippen molar-refractivity contribution in [2.75, 3.05) is 18.6 Å². The van der Waals surface area contributed by atoms with Gasteiger partial charge in [0, 0.05) is 17.2 Å². The summed E-state index contributed by atoms with van der Waals surface area (Å²) in [6.45, 7) is 12.0. The lowest BCUT2D eigenvalue weighted by molar-refractivity contribution is -0.228. The summed E-state index contributed by atoms with van der Waals surface area (Å²) >= 11 is 1.52. The van der Waals surface area contributed by atoms with Gasteiger partial charge in [-0.1, -0.05) is 45.0 Å². The Kier molecular flexibility index (Phi) is 5.77. The number of esters is 1. The molecule has 0 amide bonds. The van der Waals surface area contributed by atoms with Gasteiger partial charge in [-0.15, -0.1) is 0 Å². The molecule has 178 valence electrons. The van der Waals surface area contributed by atoms with Crippen molar-refractivity contribution in [1.82, 2.24) is 0 Å². The molecule has 4 rings (SSSR count). The molecule has 0 aliphatic carbocycles. The van der Waals surface area contributed by atoms with Crippen molar-refractivity contribution in [3.8, 4) is 11.5 Å². The van der Waals surface area contributed by atoms with Crippen LogP contribution in [0.4, 0.5) is 0 Å². The van der Waals surface area contributed by atoms with Crippen LogP contribution in [0.25, 0.3) is 0 Å². The van der Waals surface area contributed by atoms with Crippen molar-refractivity contribution in [2.45, 2.75) is 64.3 Å². The Labute approximate surface area is 200 Å². The Morgan fingerprint density at radius 2 is 1.73 bits per heavy atom. The van der Waals surface area contributed by atoms with Crippen LogP contribution in [0.3, 0.4) is 0 Å². The van der Waals surface area contributed by atoms with Gasteiger partial charge < -0.3 is 19.3 Å². The summed E-state index contributed by atoms with van der Waals surface area (Å²) in [4.78, 5) is 13.9. The van der Waals surface area contributed by atoms with Gasteiger partial charge in [-0.05, 0) is 55.5 Å². The van der Waals surface area contributed by atoms with Gasteiger partial charge in [0.25, 0.3) is 0 Å². The zero-order valence-electron chi connectivity index (χ0n) is 20.5. The second-order valence-electron chi connectivity index (χ2n) is 11.1. The molecule has 0 bridgehead atoms. The first-order valence-corrected chi connectivity index (χ1v) is 12.5. The highest BCUT2D eigenvalue weighted by molar-refractivity contribution is 7.99. The third kappa shape index (κ3) is 4.01. The number of aliphatic hydroxyl groups is 1. The van der Waals surface area contributed by atoms with E-state index in [0.29, 0.717) is 17.3 Å². The highest BCUT2D eigenvalue weighted by Gasteiger charge is 2.70. The molecule has 0 aromatic heterocycles. The maximum atomic E-state index is 13.9. The van der Waals surface area contributed by atoms with E-state index in [1.54, 1.807) is 7.11 Å². The molecule has 1 fully saturated rings. The molecular weight excluding hydrogens is 436 g/mol. The summed E-state index contributed by atoms with van der Waals surface area (Å²) in [6.07, 6.45) is 0. The van der Waals surface area contributed by atoms with E-state index < -0.39 is 28.7 Å². The summed E-state index contributed by atoms with van der Waals surface area (Å²) < 4.78 is 17.6. The smallest absolute Gasteiger partial charge is 0.321 e. The molecule has 1 saturated heterocycles. The summed E-state index contributed by atoms with van der Waals surface area (Å²) in [7, 11) is 1.63. The van der Waals surface area contributed by atoms with Crippen molar-refractivity contribution in [1.29, 1.82) is 0 Å². The summed E-state index contributed by atoms with van der Waals surface area (Å²) in [5.74, 6) is -0.529. The van der Waals surface area contributed by atoms with Gasteiger partial charge in [0.2, 0.25) is 5.79 Å². The molecule has 5 nitrogen and oxygen atoms in total. The molecule has 1 N–H and O–H groups in total. The first kappa shape index (κ1) is 24.0. The summed E-state index contributed by atoms with van der Waals surface area (Å²) in [5, 5.41) is 11.9. The quantitative estimate of drug-likeness (QED) is 0.616. The largest absolute Gasteiger partial charge is 0.497 e. The molecule has 2 aromatic carbocycles. The molecule has 6 heteroatoms. The normalized spacial score (nSPS) is 26.7. The Morgan fingerprint density at radius 1 is 1.06 bits per heavy atom. The van der Waals surface area contributed by atoms with Crippen LogP contribution in [-0.4, -0.2) is 41.1 Å². The van der Waals surface area contributed by atoms with E-state index in [4.69, 9.17) is 14.2 Å². The van der Waals surface area contributed by atoms with Gasteiger partial charge in [0.05, 0.1) is 12.9 Å². The van der Waals surface area contributed by atoms with Crippen molar-refractivity contribution in [3.63, 3.8) is 0 Å². The Hall–Kier alpha value is -2.18. The van der Waals surface area contributed by atoms with Crippen LogP contribution >= 0.6 is 11.8 Å². The first-order valence-electron chi connectivity index (χ1n) is 11.3. The van der Waals surface area contributed by atoms with E-state index >= 15 is 0 Å². The number of fused-ring (bicyclic) bond motifs is 2. The van der Waals surface area contributed by atoms with Crippen LogP contribution in [0.5, 0.6) is 11.5 Å². The third-order valence-corrected chi connectivity index (χ3v) is 7.75. The molecule has 2 aliphatic rings. The third-order valence-electron chi connectivity index (χ3n) is 6.50. The number of carbonyl (C=O) groups is 1. The fourth-order valence-electron chi connectivity index (χ4n) is 4.77. The van der Waals surface area contributed by atoms with Gasteiger partial charge in [0.15, 0.2) is 5.41 Å². The minimum atomic E-state index is -1.68. The molecule has 0 unspecified atom stereocenters. The standard InChI is InChI=1S/C27H34O5S/c1-24(2,3)18-10-13-21-20(14-18)22(17-8-11-19(30-7)12-9-17)26(23(28)32-25(4,5)6)15-33-16-27(26,29)31-21/h8-14,22,29H,15-16H2,1-7H3/t22-,26-,27-/m0/s1. The number of benzene rings is 2. The molecule has 2 aliphatic heterocycles. The molecule has 0 saturated carbocycles. The predicted octanol–water partition coefficient (Wildman–Crippen LogP) is 5.28. The average Bonchev–Trinajstić information content (AvgIpc) is 3.07. The van der Waals surface area contributed by atoms with Gasteiger partial charge in [-0.2, -0.15) is 11.8 Å². The van der Waals surface area contributed by atoms with Gasteiger partial charge in [0.1, 0.15) is 17.1 Å². The Morgan fingerprint density at radius 3 is 2.30 bits per heavy atom. The molecule has 0 radical (unpaired) electrons. The number of ether oxygens (including phenoxy) is 3. The molecule has 2 aromatic rings. The van der Waals surface area contributed by atoms with E-state index in [-0.39, 0.29) is 5.41 Å². The van der Waals surface area contributed by atoms with Crippen LogP contribution < -0.4 is 9.47 Å². The lowest BCUT2D eigenvalue weighted by Crippen LogP contribution is -2.63. The predicted molar refractivity (Wildman–Crippen MR) is 131 cm³/mol. The van der Waals surface area contributed by atoms with Crippen molar-refractivity contribution >= 4 is 17.7 Å². The Balaban J connectivity index is 1.99. The number of rotatable bonds is 3. The molecule has 33 heavy (non-hydrogen) atoms. The number of hydrogen-bond donors (Lipinski definition) is 1. The number of methoxy groups -OCH3 is 1. The van der Waals surface area contributed by atoms with Crippen molar-refractivity contribution in [2.24, 2.45) is 5.41 Å². The number of hydrogen-bond acceptors (Lipinski definition) is 6. The minimum absolute atomic E-state index is 0.0866. The second-order valence-corrected chi connectivity index (χ2v) is 12.0. The molecule has 0 spiro atoms. The maximum Gasteiger partial charge on any atom is 0.321 e. The molecular formula is C27H34O5S. The van der Waals surface area contributed by atoms with E-state index in [1.807, 2.05) is 57.2 Å². The van der Waals surface area contributed by atoms with Crippen LogP contribution in [0.2, 0.25) is 0 Å². The summed E-state index contributed by atoms with van der Waals surface area (Å²) in [6, 6.07) is 13.8. The lowest BCUT2D eigenvalue weighted by atomic mass is 9.63. The van der Waals surface area contributed by atoms with Crippen LogP contribution in [0.15, 0.2) is 42.5 Å². The van der Waals surface area contributed by atoms with Crippen LogP contribution in [0, 0.1) is 5.41 Å². The SMILES string of the molecule is COc1ccc([C@H]2c3cc(C(C)(C)C)ccc3O[C@@]3(O)CSC[C@@]23C(=O)OC(C)(C)C)cc1. The summed E-state index contributed by atoms with van der Waals surface area (Å²) in [5.41, 5.74) is 0.875. The highest BCUT2D eigenvalue weighted by Crippen LogP contribution is 2.61. The molecule has 2 heterocycles. The van der Waals surface area contributed by atoms with Crippen LogP contribution in [0.1, 0.15) is 64.2 Å². The van der Waals surface area contributed by atoms with Crippen LogP contribution in [-0.2, 0) is 14.9 Å². The maximum absolute atomic E-state index is 13.9. The van der Waals surface area contributed by atoms with E-state index in [1.165, 1.54) is 11.8 Å². The van der Waals surface area contributed by atoms with Gasteiger partial charge in [-0.3, -0.25) is 4.79 Å². The minimum Gasteiger partial charge on any atom is -0.497 e. The Bertz CT molecular complexity index is 1050. The fourth-order valence-corrected chi connectivity index (χ4v) is 6.30. The molecule has 3 atom stereocenters. The van der Waals surface area contributed by atoms with Crippen molar-refractivity contribution < 1.29 is 24.1 Å². The second kappa shape index (κ2) is 7.95.